The molecule has 4 nitrogen and oxygen atoms in total. The lowest BCUT2D eigenvalue weighted by Crippen LogP contribution is -2.44. The Morgan fingerprint density at radius 2 is 1.77 bits per heavy atom. The smallest absolute Gasteiger partial charge is 0.343 e. The third-order valence-electron chi connectivity index (χ3n) is 6.69. The third-order valence-corrected chi connectivity index (χ3v) is 6.69. The predicted molar refractivity (Wildman–Crippen MR) is 112 cm³/mol. The molecule has 0 saturated carbocycles. The third kappa shape index (κ3) is 6.45. The first kappa shape index (κ1) is 23.1. The Hall–Kier alpha value is -1.60. The van der Waals surface area contributed by atoms with Gasteiger partial charge in [-0.3, -0.25) is 9.69 Å². The lowest BCUT2D eigenvalue weighted by atomic mass is 9.92. The van der Waals surface area contributed by atoms with Gasteiger partial charge in [0.15, 0.2) is 0 Å². The van der Waals surface area contributed by atoms with E-state index in [1.165, 1.54) is 0 Å². The van der Waals surface area contributed by atoms with Crippen LogP contribution in [-0.4, -0.2) is 66.9 Å². The molecule has 0 aliphatic carbocycles. The molecular formula is C23H34F3N3O. The van der Waals surface area contributed by atoms with Crippen molar-refractivity contribution in [1.29, 1.82) is 0 Å². The number of carbonyl (C=O) groups is 1. The highest BCUT2D eigenvalue weighted by atomic mass is 19.4. The van der Waals surface area contributed by atoms with Gasteiger partial charge >= 0.3 is 6.18 Å². The Morgan fingerprint density at radius 1 is 1.10 bits per heavy atom. The Kier molecular flexibility index (Phi) is 7.80. The maximum atomic E-state index is 12.7. The number of amides is 1. The summed E-state index contributed by atoms with van der Waals surface area (Å²) in [5.41, 5.74) is 0.303. The van der Waals surface area contributed by atoms with Crippen LogP contribution < -0.4 is 0 Å². The van der Waals surface area contributed by atoms with Crippen LogP contribution in [-0.2, 0) is 17.5 Å². The largest absolute Gasteiger partial charge is 0.416 e. The van der Waals surface area contributed by atoms with Gasteiger partial charge < -0.3 is 9.80 Å². The molecule has 1 aromatic rings. The van der Waals surface area contributed by atoms with E-state index in [9.17, 15) is 18.0 Å². The van der Waals surface area contributed by atoms with Gasteiger partial charge in [-0.1, -0.05) is 12.1 Å². The highest BCUT2D eigenvalue weighted by Crippen LogP contribution is 2.30. The van der Waals surface area contributed by atoms with E-state index >= 15 is 0 Å². The number of hydrogen-bond acceptors (Lipinski definition) is 3. The Labute approximate surface area is 178 Å². The molecule has 2 aliphatic heterocycles. The normalized spacial score (nSPS) is 22.2. The lowest BCUT2D eigenvalue weighted by molar-refractivity contribution is -0.137. The zero-order valence-corrected chi connectivity index (χ0v) is 18.1. The second-order valence-electron chi connectivity index (χ2n) is 9.02. The number of piperidine rings is 2. The summed E-state index contributed by atoms with van der Waals surface area (Å²) >= 11 is 0. The minimum Gasteiger partial charge on any atom is -0.343 e. The summed E-state index contributed by atoms with van der Waals surface area (Å²) in [4.78, 5) is 19.2. The van der Waals surface area contributed by atoms with Gasteiger partial charge in [-0.25, -0.2) is 0 Å². The van der Waals surface area contributed by atoms with Gasteiger partial charge in [-0.15, -0.1) is 0 Å². The fraction of sp³-hybridized carbons (Fsp3) is 0.696. The topological polar surface area (TPSA) is 26.8 Å². The molecular weight excluding hydrogens is 391 g/mol. The number of rotatable bonds is 6. The standard InChI is InChI=1S/C23H34F3N3O/c1-27-14-11-21(12-15-27)28(2)22(30)10-7-18-4-3-13-29(16-18)17-19-5-8-20(9-6-19)23(24,25)26/h5-6,8-9,18,21H,3-4,7,10-17H2,1-2H3/t18-/m1/s1. The van der Waals surface area contributed by atoms with Gasteiger partial charge in [-0.05, 0) is 82.4 Å². The lowest BCUT2D eigenvalue weighted by Gasteiger charge is -2.36. The summed E-state index contributed by atoms with van der Waals surface area (Å²) in [6, 6.07) is 5.83. The molecule has 0 radical (unpaired) electrons. The van der Waals surface area contributed by atoms with E-state index in [4.69, 9.17) is 0 Å². The van der Waals surface area contributed by atoms with Crippen molar-refractivity contribution in [3.05, 3.63) is 35.4 Å². The highest BCUT2D eigenvalue weighted by molar-refractivity contribution is 5.76. The molecule has 0 unspecified atom stereocenters. The van der Waals surface area contributed by atoms with E-state index in [-0.39, 0.29) is 5.91 Å². The summed E-state index contributed by atoms with van der Waals surface area (Å²) in [6.45, 7) is 4.62. The highest BCUT2D eigenvalue weighted by Gasteiger charge is 2.30. The summed E-state index contributed by atoms with van der Waals surface area (Å²) in [5, 5.41) is 0. The van der Waals surface area contributed by atoms with Crippen LogP contribution >= 0.6 is 0 Å². The van der Waals surface area contributed by atoms with E-state index in [2.05, 4.69) is 16.8 Å². The Balaban J connectivity index is 1.44. The average Bonchev–Trinajstić information content (AvgIpc) is 2.72. The van der Waals surface area contributed by atoms with Crippen molar-refractivity contribution in [2.45, 2.75) is 57.3 Å². The van der Waals surface area contributed by atoms with Crippen LogP contribution in [0.25, 0.3) is 0 Å². The van der Waals surface area contributed by atoms with Crippen molar-refractivity contribution in [1.82, 2.24) is 14.7 Å². The van der Waals surface area contributed by atoms with Gasteiger partial charge in [-0.2, -0.15) is 13.2 Å². The molecule has 0 spiro atoms. The monoisotopic (exact) mass is 425 g/mol. The molecule has 30 heavy (non-hydrogen) atoms. The maximum absolute atomic E-state index is 12.7. The molecule has 0 N–H and O–H groups in total. The summed E-state index contributed by atoms with van der Waals surface area (Å²) in [5.74, 6) is 0.715. The van der Waals surface area contributed by atoms with Crippen LogP contribution in [0.5, 0.6) is 0 Å². The molecule has 2 saturated heterocycles. The number of likely N-dealkylation sites (tertiary alicyclic amines) is 2. The number of carbonyl (C=O) groups excluding carboxylic acids is 1. The molecule has 2 fully saturated rings. The number of alkyl halides is 3. The second kappa shape index (κ2) is 10.1. The molecule has 0 aromatic heterocycles. The molecule has 1 aromatic carbocycles. The first-order valence-corrected chi connectivity index (χ1v) is 11.0. The molecule has 1 amide bonds. The molecule has 7 heteroatoms. The number of hydrogen-bond donors (Lipinski definition) is 0. The van der Waals surface area contributed by atoms with Gasteiger partial charge in [0, 0.05) is 32.6 Å². The SMILES string of the molecule is CN1CCC(N(C)C(=O)CC[C@H]2CCCN(Cc3ccc(C(F)(F)F)cc3)C2)CC1. The molecule has 168 valence electrons. The molecule has 3 rings (SSSR count). The minimum absolute atomic E-state index is 0.240. The van der Waals surface area contributed by atoms with Crippen molar-refractivity contribution in [3.8, 4) is 0 Å². The van der Waals surface area contributed by atoms with E-state index in [1.54, 1.807) is 12.1 Å². The van der Waals surface area contributed by atoms with E-state index in [0.717, 1.165) is 76.0 Å². The van der Waals surface area contributed by atoms with Gasteiger partial charge in [0.05, 0.1) is 5.56 Å². The quantitative estimate of drug-likeness (QED) is 0.682. The fourth-order valence-electron chi connectivity index (χ4n) is 4.68. The first-order valence-electron chi connectivity index (χ1n) is 11.0. The summed E-state index contributed by atoms with van der Waals surface area (Å²) in [7, 11) is 4.06. The fourth-order valence-corrected chi connectivity index (χ4v) is 4.68. The van der Waals surface area contributed by atoms with E-state index in [0.29, 0.717) is 24.9 Å². The van der Waals surface area contributed by atoms with E-state index in [1.807, 2.05) is 11.9 Å². The van der Waals surface area contributed by atoms with Gasteiger partial charge in [0.1, 0.15) is 0 Å². The zero-order valence-electron chi connectivity index (χ0n) is 18.1. The van der Waals surface area contributed by atoms with Crippen LogP contribution in [0.15, 0.2) is 24.3 Å². The molecule has 0 bridgehead atoms. The van der Waals surface area contributed by atoms with E-state index < -0.39 is 11.7 Å². The Morgan fingerprint density at radius 3 is 2.40 bits per heavy atom. The van der Waals surface area contributed by atoms with Crippen LogP contribution in [0.1, 0.15) is 49.7 Å². The van der Waals surface area contributed by atoms with Gasteiger partial charge in [0.2, 0.25) is 5.91 Å². The minimum atomic E-state index is -4.29. The zero-order chi connectivity index (χ0) is 21.7. The summed E-state index contributed by atoms with van der Waals surface area (Å²) in [6.07, 6.45) is 1.47. The molecule has 2 aliphatic rings. The first-order chi connectivity index (χ1) is 14.2. The molecule has 2 heterocycles. The van der Waals surface area contributed by atoms with Crippen molar-refractivity contribution >= 4 is 5.91 Å². The average molecular weight is 426 g/mol. The van der Waals surface area contributed by atoms with Crippen LogP contribution in [0.2, 0.25) is 0 Å². The van der Waals surface area contributed by atoms with Crippen LogP contribution in [0.4, 0.5) is 13.2 Å². The maximum Gasteiger partial charge on any atom is 0.416 e. The number of benzene rings is 1. The second-order valence-corrected chi connectivity index (χ2v) is 9.02. The predicted octanol–water partition coefficient (Wildman–Crippen LogP) is 4.25. The van der Waals surface area contributed by atoms with Crippen molar-refractivity contribution in [3.63, 3.8) is 0 Å². The molecule has 1 atom stereocenters. The van der Waals surface area contributed by atoms with Crippen molar-refractivity contribution < 1.29 is 18.0 Å². The number of halogens is 3. The summed E-state index contributed by atoms with van der Waals surface area (Å²) < 4.78 is 38.2. The Bertz CT molecular complexity index is 684. The van der Waals surface area contributed by atoms with Crippen molar-refractivity contribution in [2.24, 2.45) is 5.92 Å². The van der Waals surface area contributed by atoms with Gasteiger partial charge in [0.25, 0.3) is 0 Å². The van der Waals surface area contributed by atoms with Crippen LogP contribution in [0, 0.1) is 5.92 Å². The number of nitrogens with zero attached hydrogens (tertiary/aromatic N) is 3. The van der Waals surface area contributed by atoms with Crippen molar-refractivity contribution in [2.75, 3.05) is 40.3 Å². The van der Waals surface area contributed by atoms with Crippen LogP contribution in [0.3, 0.4) is 0 Å².